The van der Waals surface area contributed by atoms with Crippen LogP contribution in [0.5, 0.6) is 17.2 Å². The minimum absolute atomic E-state index is 0.0270. The number of anilines is 1. The first kappa shape index (κ1) is 22.8. The summed E-state index contributed by atoms with van der Waals surface area (Å²) in [6.07, 6.45) is 1.22. The molecule has 0 radical (unpaired) electrons. The van der Waals surface area contributed by atoms with Crippen molar-refractivity contribution in [3.8, 4) is 17.2 Å². The van der Waals surface area contributed by atoms with Gasteiger partial charge in [0.2, 0.25) is 5.91 Å². The molecule has 0 bridgehead atoms. The molecule has 1 aromatic heterocycles. The number of aryl methyl sites for hydroxylation is 1. The van der Waals surface area contributed by atoms with Gasteiger partial charge in [-0.25, -0.2) is 4.98 Å². The van der Waals surface area contributed by atoms with Crippen molar-refractivity contribution in [1.29, 1.82) is 0 Å². The number of methoxy groups -OCH3 is 2. The second-order valence-corrected chi connectivity index (χ2v) is 8.57. The maximum atomic E-state index is 13.1. The van der Waals surface area contributed by atoms with Gasteiger partial charge >= 0.3 is 0 Å². The Morgan fingerprint density at radius 1 is 0.943 bits per heavy atom. The van der Waals surface area contributed by atoms with Crippen LogP contribution in [0.3, 0.4) is 0 Å². The molecule has 180 valence electrons. The number of imidazole rings is 1. The fourth-order valence-corrected chi connectivity index (χ4v) is 4.69. The Morgan fingerprint density at radius 2 is 1.74 bits per heavy atom. The number of carbonyl (C=O) groups is 1. The molecule has 0 unspecified atom stereocenters. The van der Waals surface area contributed by atoms with E-state index in [1.807, 2.05) is 66.7 Å². The molecule has 7 heteroatoms. The molecule has 2 heterocycles. The zero-order chi connectivity index (χ0) is 24.2. The summed E-state index contributed by atoms with van der Waals surface area (Å²) < 4.78 is 19.1. The molecule has 5 rings (SSSR count). The van der Waals surface area contributed by atoms with Crippen LogP contribution in [0.15, 0.2) is 72.8 Å². The molecule has 1 aliphatic rings. The number of hydrogen-bond acceptors (Lipinski definition) is 5. The highest BCUT2D eigenvalue weighted by Gasteiger charge is 2.36. The lowest BCUT2D eigenvalue weighted by molar-refractivity contribution is -0.117. The van der Waals surface area contributed by atoms with E-state index in [1.54, 1.807) is 19.1 Å². The van der Waals surface area contributed by atoms with Crippen molar-refractivity contribution >= 4 is 22.6 Å². The quantitative estimate of drug-likeness (QED) is 0.320. The van der Waals surface area contributed by atoms with Crippen LogP contribution in [0.1, 0.15) is 24.6 Å². The van der Waals surface area contributed by atoms with E-state index in [1.165, 1.54) is 0 Å². The fraction of sp³-hybridized carbons (Fsp3) is 0.286. The molecule has 1 aliphatic heterocycles. The summed E-state index contributed by atoms with van der Waals surface area (Å²) in [6.45, 7) is 1.90. The summed E-state index contributed by atoms with van der Waals surface area (Å²) in [7, 11) is 3.23. The summed E-state index contributed by atoms with van der Waals surface area (Å²) in [5.41, 5.74) is 2.74. The number of amides is 1. The number of carbonyl (C=O) groups excluding carboxylic acids is 1. The van der Waals surface area contributed by atoms with Gasteiger partial charge in [-0.2, -0.15) is 0 Å². The first-order valence-electron chi connectivity index (χ1n) is 11.8. The first-order valence-corrected chi connectivity index (χ1v) is 11.8. The normalized spacial score (nSPS) is 15.5. The van der Waals surface area contributed by atoms with Crippen LogP contribution in [0.4, 0.5) is 5.69 Å². The van der Waals surface area contributed by atoms with Crippen LogP contribution in [-0.2, 0) is 11.3 Å². The van der Waals surface area contributed by atoms with Crippen molar-refractivity contribution in [3.63, 3.8) is 0 Å². The molecule has 1 fully saturated rings. The van der Waals surface area contributed by atoms with Crippen molar-refractivity contribution in [1.82, 2.24) is 9.55 Å². The molecule has 0 aliphatic carbocycles. The summed E-state index contributed by atoms with van der Waals surface area (Å²) in [6, 6.07) is 23.5. The Kier molecular flexibility index (Phi) is 6.57. The highest BCUT2D eigenvalue weighted by atomic mass is 16.5. The molecule has 7 nitrogen and oxygen atoms in total. The molecular weight excluding hydrogens is 442 g/mol. The zero-order valence-electron chi connectivity index (χ0n) is 20.0. The third kappa shape index (κ3) is 4.67. The van der Waals surface area contributed by atoms with Crippen molar-refractivity contribution < 1.29 is 19.0 Å². The third-order valence-electron chi connectivity index (χ3n) is 6.39. The Morgan fingerprint density at radius 3 is 2.54 bits per heavy atom. The third-order valence-corrected chi connectivity index (χ3v) is 6.39. The van der Waals surface area contributed by atoms with Gasteiger partial charge in [-0.15, -0.1) is 0 Å². The maximum Gasteiger partial charge on any atom is 0.227 e. The van der Waals surface area contributed by atoms with Crippen LogP contribution < -0.4 is 19.1 Å². The Bertz CT molecular complexity index is 1320. The number of para-hydroxylation sites is 3. The van der Waals surface area contributed by atoms with Crippen LogP contribution in [0.25, 0.3) is 11.0 Å². The number of benzene rings is 3. The standard InChI is InChI=1S/C28H29N3O4/c1-33-22-13-14-26(34-2)25(18-22)31-19-20(17-27(31)32)28-29-23-11-6-7-12-24(23)30(28)15-8-16-35-21-9-4-3-5-10-21/h3-7,9-14,18,20H,8,15-17,19H2,1-2H3/t20-/m1/s1. The molecule has 1 saturated heterocycles. The number of ether oxygens (including phenoxy) is 3. The van der Waals surface area contributed by atoms with Gasteiger partial charge in [-0.1, -0.05) is 30.3 Å². The molecule has 3 aromatic carbocycles. The molecule has 1 atom stereocenters. The van der Waals surface area contributed by atoms with Crippen LogP contribution in [0, 0.1) is 0 Å². The van der Waals surface area contributed by atoms with Gasteiger partial charge in [-0.3, -0.25) is 4.79 Å². The van der Waals surface area contributed by atoms with Gasteiger partial charge < -0.3 is 23.7 Å². The average Bonchev–Trinajstić information content (AvgIpc) is 3.47. The second-order valence-electron chi connectivity index (χ2n) is 8.57. The van der Waals surface area contributed by atoms with Crippen LogP contribution >= 0.6 is 0 Å². The van der Waals surface area contributed by atoms with E-state index in [9.17, 15) is 4.79 Å². The van der Waals surface area contributed by atoms with E-state index >= 15 is 0 Å². The van der Waals surface area contributed by atoms with E-state index in [2.05, 4.69) is 10.6 Å². The minimum atomic E-state index is -0.0270. The van der Waals surface area contributed by atoms with Crippen LogP contribution in [0.2, 0.25) is 0 Å². The lowest BCUT2D eigenvalue weighted by atomic mass is 10.1. The first-order chi connectivity index (χ1) is 17.2. The predicted octanol–water partition coefficient (Wildman–Crippen LogP) is 5.04. The van der Waals surface area contributed by atoms with Gasteiger partial charge in [0.05, 0.1) is 37.5 Å². The van der Waals surface area contributed by atoms with Crippen molar-refractivity contribution in [3.05, 3.63) is 78.6 Å². The number of hydrogen-bond donors (Lipinski definition) is 0. The molecular formula is C28H29N3O4. The molecule has 4 aromatic rings. The molecule has 0 spiro atoms. The predicted molar refractivity (Wildman–Crippen MR) is 136 cm³/mol. The molecule has 1 amide bonds. The number of aromatic nitrogens is 2. The van der Waals surface area contributed by atoms with E-state index in [0.717, 1.165) is 41.3 Å². The van der Waals surface area contributed by atoms with Gasteiger partial charge in [0, 0.05) is 31.5 Å². The topological polar surface area (TPSA) is 65.8 Å². The van der Waals surface area contributed by atoms with E-state index in [-0.39, 0.29) is 11.8 Å². The summed E-state index contributed by atoms with van der Waals surface area (Å²) in [4.78, 5) is 19.9. The molecule has 0 N–H and O–H groups in total. The number of rotatable bonds is 9. The van der Waals surface area contributed by atoms with Crippen molar-refractivity contribution in [2.75, 3.05) is 32.3 Å². The minimum Gasteiger partial charge on any atom is -0.497 e. The van der Waals surface area contributed by atoms with Crippen LogP contribution in [-0.4, -0.2) is 42.8 Å². The Hall–Kier alpha value is -4.00. The lowest BCUT2D eigenvalue weighted by Gasteiger charge is -2.20. The smallest absolute Gasteiger partial charge is 0.227 e. The monoisotopic (exact) mass is 471 g/mol. The Labute approximate surface area is 204 Å². The Balaban J connectivity index is 1.38. The highest BCUT2D eigenvalue weighted by Crippen LogP contribution is 2.39. The molecule has 0 saturated carbocycles. The van der Waals surface area contributed by atoms with Gasteiger partial charge in [0.1, 0.15) is 23.1 Å². The summed E-state index contributed by atoms with van der Waals surface area (Å²) in [5, 5.41) is 0. The highest BCUT2D eigenvalue weighted by molar-refractivity contribution is 5.98. The largest absolute Gasteiger partial charge is 0.497 e. The van der Waals surface area contributed by atoms with E-state index in [4.69, 9.17) is 19.2 Å². The zero-order valence-corrected chi connectivity index (χ0v) is 20.0. The lowest BCUT2D eigenvalue weighted by Crippen LogP contribution is -2.25. The van der Waals surface area contributed by atoms with Crippen molar-refractivity contribution in [2.45, 2.75) is 25.3 Å². The average molecular weight is 472 g/mol. The fourth-order valence-electron chi connectivity index (χ4n) is 4.69. The maximum absolute atomic E-state index is 13.1. The van der Waals surface area contributed by atoms with Crippen molar-refractivity contribution in [2.24, 2.45) is 0 Å². The van der Waals surface area contributed by atoms with E-state index in [0.29, 0.717) is 31.1 Å². The van der Waals surface area contributed by atoms with Gasteiger partial charge in [0.25, 0.3) is 0 Å². The van der Waals surface area contributed by atoms with Gasteiger partial charge in [0.15, 0.2) is 0 Å². The number of fused-ring (bicyclic) bond motifs is 1. The SMILES string of the molecule is COc1ccc(OC)c(N2C[C@H](c3nc4ccccc4n3CCCOc3ccccc3)CC2=O)c1. The summed E-state index contributed by atoms with van der Waals surface area (Å²) in [5.74, 6) is 3.15. The second kappa shape index (κ2) is 10.1. The summed E-state index contributed by atoms with van der Waals surface area (Å²) >= 11 is 0. The van der Waals surface area contributed by atoms with E-state index < -0.39 is 0 Å². The molecule has 35 heavy (non-hydrogen) atoms. The van der Waals surface area contributed by atoms with Gasteiger partial charge in [-0.05, 0) is 42.8 Å². The number of nitrogens with zero attached hydrogens (tertiary/aromatic N) is 3.